The van der Waals surface area contributed by atoms with Gasteiger partial charge in [0.25, 0.3) is 5.91 Å². The number of anilines is 1. The number of carbonyl (C=O) groups excluding carboxylic acids is 3. The number of aliphatic hydroxyl groups excluding tert-OH is 2. The normalized spacial score (nSPS) is 29.7. The largest absolute Gasteiger partial charge is 0.509 e. The quantitative estimate of drug-likeness (QED) is 0.211. The minimum absolute atomic E-state index is 0.101. The Bertz CT molecular complexity index is 1540. The summed E-state index contributed by atoms with van der Waals surface area (Å²) in [5, 5.41) is 44.4. The molecule has 204 valence electrons. The molecule has 3 aliphatic rings. The molecule has 1 aromatic rings. The third kappa shape index (κ3) is 3.26. The number of fused-ring (bicyclic) bond motifs is 3. The standard InChI is InChI=1S/C27H30N6O6/c1-6-7-12-8-14(32(2)3)13-9-25(30)10-27(31)21(33(4)5)20(36)16(24(29)39)22(37)26(27,11-28)23(38)17(25)19(35)15(13)18(12)34/h8,21,34-35,37H,9-10,30-31H2,1-5H3,(H2,29,39)/t21-,25-,26+,27-/m1/s1. The van der Waals surface area contributed by atoms with Gasteiger partial charge in [0, 0.05) is 19.8 Å². The van der Waals surface area contributed by atoms with Crippen molar-refractivity contribution in [2.24, 2.45) is 22.6 Å². The van der Waals surface area contributed by atoms with Crippen LogP contribution in [0.5, 0.6) is 5.75 Å². The van der Waals surface area contributed by atoms with Gasteiger partial charge >= 0.3 is 0 Å². The molecule has 0 bridgehead atoms. The zero-order chi connectivity index (χ0) is 29.4. The van der Waals surface area contributed by atoms with Crippen molar-refractivity contribution in [3.8, 4) is 23.7 Å². The molecule has 0 aliphatic heterocycles. The molecule has 12 heteroatoms. The van der Waals surface area contributed by atoms with E-state index in [2.05, 4.69) is 11.8 Å². The molecule has 0 aromatic heterocycles. The number of benzene rings is 1. The van der Waals surface area contributed by atoms with Crippen LogP contribution in [-0.2, 0) is 20.8 Å². The highest BCUT2D eigenvalue weighted by Gasteiger charge is 2.74. The highest BCUT2D eigenvalue weighted by molar-refractivity contribution is 6.25. The number of phenols is 1. The summed E-state index contributed by atoms with van der Waals surface area (Å²) in [5.74, 6) is -0.360. The molecule has 0 radical (unpaired) electrons. The van der Waals surface area contributed by atoms with Crippen LogP contribution in [0.1, 0.15) is 30.0 Å². The predicted molar refractivity (Wildman–Crippen MR) is 141 cm³/mol. The molecular formula is C27H30N6O6. The highest BCUT2D eigenvalue weighted by Crippen LogP contribution is 2.59. The Hall–Kier alpha value is -4.36. The summed E-state index contributed by atoms with van der Waals surface area (Å²) < 4.78 is 0. The van der Waals surface area contributed by atoms with Crippen LogP contribution >= 0.6 is 0 Å². The van der Waals surface area contributed by atoms with Crippen LogP contribution in [0.25, 0.3) is 5.76 Å². The number of nitriles is 1. The van der Waals surface area contributed by atoms with Crippen LogP contribution in [0.15, 0.2) is 23.0 Å². The number of aromatic hydroxyl groups is 1. The second-order valence-electron chi connectivity index (χ2n) is 10.7. The van der Waals surface area contributed by atoms with E-state index in [-0.39, 0.29) is 17.5 Å². The number of rotatable bonds is 3. The summed E-state index contributed by atoms with van der Waals surface area (Å²) in [7, 11) is 6.40. The number of phenolic OH excluding ortho intramolecular Hbond substituents is 1. The third-order valence-electron chi connectivity index (χ3n) is 7.97. The van der Waals surface area contributed by atoms with Gasteiger partial charge in [-0.1, -0.05) is 5.92 Å². The van der Waals surface area contributed by atoms with E-state index in [0.29, 0.717) is 11.3 Å². The average Bonchev–Trinajstić information content (AvgIpc) is 2.79. The van der Waals surface area contributed by atoms with Gasteiger partial charge in [-0.2, -0.15) is 5.26 Å². The van der Waals surface area contributed by atoms with Crippen LogP contribution < -0.4 is 22.1 Å². The van der Waals surface area contributed by atoms with Gasteiger partial charge in [-0.05, 0) is 45.5 Å². The summed E-state index contributed by atoms with van der Waals surface area (Å²) in [6.45, 7) is 1.57. The second kappa shape index (κ2) is 8.58. The maximum Gasteiger partial charge on any atom is 0.255 e. The minimum atomic E-state index is -2.70. The summed E-state index contributed by atoms with van der Waals surface area (Å²) in [4.78, 5) is 43.1. The average molecular weight is 535 g/mol. The lowest BCUT2D eigenvalue weighted by Gasteiger charge is -2.58. The van der Waals surface area contributed by atoms with E-state index in [4.69, 9.17) is 17.2 Å². The molecule has 39 heavy (non-hydrogen) atoms. The molecule has 0 spiro atoms. The number of ketones is 2. The number of hydrogen-bond donors (Lipinski definition) is 6. The number of carbonyl (C=O) groups is 3. The van der Waals surface area contributed by atoms with Gasteiger partial charge in [0.1, 0.15) is 22.8 Å². The van der Waals surface area contributed by atoms with Crippen LogP contribution in [0.4, 0.5) is 5.69 Å². The first-order valence-corrected chi connectivity index (χ1v) is 12.0. The van der Waals surface area contributed by atoms with E-state index in [0.717, 1.165) is 0 Å². The molecule has 1 fully saturated rings. The molecule has 1 saturated carbocycles. The first-order valence-electron chi connectivity index (χ1n) is 12.0. The van der Waals surface area contributed by atoms with Crippen molar-refractivity contribution in [2.45, 2.75) is 36.9 Å². The molecule has 3 aliphatic carbocycles. The first-order chi connectivity index (χ1) is 18.1. The number of primary amides is 1. The Morgan fingerprint density at radius 1 is 1.15 bits per heavy atom. The zero-order valence-corrected chi connectivity index (χ0v) is 22.2. The van der Waals surface area contributed by atoms with Gasteiger partial charge in [-0.25, -0.2) is 0 Å². The Labute approximate surface area is 224 Å². The van der Waals surface area contributed by atoms with Gasteiger partial charge in [0.2, 0.25) is 0 Å². The van der Waals surface area contributed by atoms with Crippen molar-refractivity contribution in [3.63, 3.8) is 0 Å². The van der Waals surface area contributed by atoms with Crippen LogP contribution in [0, 0.1) is 28.6 Å². The Balaban J connectivity index is 2.17. The number of hydrogen-bond acceptors (Lipinski definition) is 11. The smallest absolute Gasteiger partial charge is 0.255 e. The van der Waals surface area contributed by atoms with Crippen LogP contribution in [0.3, 0.4) is 0 Å². The van der Waals surface area contributed by atoms with Gasteiger partial charge in [0.05, 0.1) is 39.9 Å². The maximum atomic E-state index is 14.4. The lowest BCUT2D eigenvalue weighted by molar-refractivity contribution is -0.139. The van der Waals surface area contributed by atoms with E-state index >= 15 is 0 Å². The topological polar surface area (TPSA) is 220 Å². The molecule has 1 amide bonds. The number of nitrogens with zero attached hydrogens (tertiary/aromatic N) is 3. The number of amides is 1. The fourth-order valence-corrected chi connectivity index (χ4v) is 6.51. The monoisotopic (exact) mass is 534 g/mol. The molecule has 0 unspecified atom stereocenters. The molecule has 4 rings (SSSR count). The van der Waals surface area contributed by atoms with Crippen molar-refractivity contribution < 1.29 is 29.7 Å². The van der Waals surface area contributed by atoms with Crippen molar-refractivity contribution in [2.75, 3.05) is 33.1 Å². The fourth-order valence-electron chi connectivity index (χ4n) is 6.51. The summed E-state index contributed by atoms with van der Waals surface area (Å²) in [6, 6.07) is 1.91. The molecule has 4 atom stereocenters. The number of Topliss-reactive ketones (excluding diaryl/α,β-unsaturated/α-hetero) is 2. The molecule has 12 nitrogen and oxygen atoms in total. The van der Waals surface area contributed by atoms with Crippen LogP contribution in [-0.4, -0.2) is 83.0 Å². The van der Waals surface area contributed by atoms with Crippen molar-refractivity contribution >= 4 is 28.9 Å². The predicted octanol–water partition coefficient (Wildman–Crippen LogP) is -0.657. The Kier molecular flexibility index (Phi) is 6.09. The number of aliphatic hydroxyl groups is 2. The highest BCUT2D eigenvalue weighted by atomic mass is 16.3. The lowest BCUT2D eigenvalue weighted by Crippen LogP contribution is -2.80. The van der Waals surface area contributed by atoms with Crippen molar-refractivity contribution in [1.82, 2.24) is 4.90 Å². The molecule has 1 aromatic carbocycles. The van der Waals surface area contributed by atoms with Gasteiger partial charge < -0.3 is 37.4 Å². The van der Waals surface area contributed by atoms with E-state index in [1.165, 1.54) is 19.0 Å². The first kappa shape index (κ1) is 27.7. The number of likely N-dealkylation sites (N-methyl/N-ethyl adjacent to an activating group) is 1. The van der Waals surface area contributed by atoms with Crippen LogP contribution in [0.2, 0.25) is 0 Å². The van der Waals surface area contributed by atoms with E-state index in [1.807, 2.05) is 0 Å². The van der Waals surface area contributed by atoms with E-state index in [9.17, 15) is 35.0 Å². The SMILES string of the molecule is CC#Cc1cc(N(C)C)c2c(c1O)C(O)=C1C(=O)[C@]3(C#N)C(O)=C(C(N)=O)C(=O)[C@@H](N(C)C)[C@]3(N)C[C@]1(N)C2. The van der Waals surface area contributed by atoms with Crippen molar-refractivity contribution in [3.05, 3.63) is 39.7 Å². The maximum absolute atomic E-state index is 14.4. The third-order valence-corrected chi connectivity index (χ3v) is 7.97. The lowest BCUT2D eigenvalue weighted by atomic mass is 9.47. The van der Waals surface area contributed by atoms with Gasteiger partial charge in [-0.3, -0.25) is 19.3 Å². The van der Waals surface area contributed by atoms with Crippen molar-refractivity contribution in [1.29, 1.82) is 5.26 Å². The molecule has 0 saturated heterocycles. The fraction of sp³-hybridized carbons (Fsp3) is 0.407. The molecule has 9 N–H and O–H groups in total. The molecular weight excluding hydrogens is 504 g/mol. The summed E-state index contributed by atoms with van der Waals surface area (Å²) in [5.41, 5.74) is 12.1. The summed E-state index contributed by atoms with van der Waals surface area (Å²) >= 11 is 0. The Morgan fingerprint density at radius 2 is 1.77 bits per heavy atom. The second-order valence-corrected chi connectivity index (χ2v) is 10.7. The minimum Gasteiger partial charge on any atom is -0.509 e. The Morgan fingerprint density at radius 3 is 2.26 bits per heavy atom. The number of nitrogens with two attached hydrogens (primary N) is 3. The van der Waals surface area contributed by atoms with Gasteiger partial charge in [0.15, 0.2) is 17.0 Å². The van der Waals surface area contributed by atoms with E-state index in [1.54, 1.807) is 38.1 Å². The van der Waals surface area contributed by atoms with E-state index < -0.39 is 74.8 Å². The van der Waals surface area contributed by atoms with Gasteiger partial charge in [-0.15, -0.1) is 5.92 Å². The summed E-state index contributed by atoms with van der Waals surface area (Å²) in [6.07, 6.45) is -0.566. The molecule has 0 heterocycles. The zero-order valence-electron chi connectivity index (χ0n) is 22.2.